The van der Waals surface area contributed by atoms with Gasteiger partial charge in [-0.1, -0.05) is 43.3 Å². The first-order chi connectivity index (χ1) is 15.7. The van der Waals surface area contributed by atoms with Crippen molar-refractivity contribution in [2.24, 2.45) is 35.5 Å². The number of fused-ring (bicyclic) bond motifs is 7. The normalized spacial score (nSPS) is 35.8. The summed E-state index contributed by atoms with van der Waals surface area (Å²) in [5.41, 5.74) is 1.22. The van der Waals surface area contributed by atoms with Crippen molar-refractivity contribution in [3.05, 3.63) is 60.2 Å². The SMILES string of the molecule is CC[C@H](NC(=O)[C@@H]1CC[C@H]2[C@@H]3CCC4[C@H](C=Cc5nccn54)[C@H]3CC[C@@H]21)c1ccccc1. The maximum atomic E-state index is 13.4. The fraction of sp³-hybridized carbons (Fsp3) is 0.571. The first-order valence-electron chi connectivity index (χ1n) is 12.8. The number of aromatic nitrogens is 2. The summed E-state index contributed by atoms with van der Waals surface area (Å²) in [4.78, 5) is 17.9. The molecule has 6 rings (SSSR count). The van der Waals surface area contributed by atoms with Gasteiger partial charge in [0, 0.05) is 30.3 Å². The molecule has 1 aromatic carbocycles. The first-order valence-corrected chi connectivity index (χ1v) is 12.8. The van der Waals surface area contributed by atoms with Crippen LogP contribution in [0.4, 0.5) is 0 Å². The summed E-state index contributed by atoms with van der Waals surface area (Å²) in [6, 6.07) is 11.2. The molecule has 0 radical (unpaired) electrons. The molecule has 2 aromatic rings. The highest BCUT2D eigenvalue weighted by Gasteiger charge is 2.52. The molecule has 4 heteroatoms. The second kappa shape index (κ2) is 8.20. The largest absolute Gasteiger partial charge is 0.349 e. The highest BCUT2D eigenvalue weighted by atomic mass is 16.2. The van der Waals surface area contributed by atoms with E-state index in [9.17, 15) is 4.79 Å². The van der Waals surface area contributed by atoms with E-state index in [4.69, 9.17) is 0 Å². The smallest absolute Gasteiger partial charge is 0.223 e. The van der Waals surface area contributed by atoms with Crippen LogP contribution in [0.25, 0.3) is 6.08 Å². The molecule has 4 aliphatic rings. The van der Waals surface area contributed by atoms with Gasteiger partial charge in [0.2, 0.25) is 5.91 Å². The van der Waals surface area contributed by atoms with Gasteiger partial charge >= 0.3 is 0 Å². The van der Waals surface area contributed by atoms with Crippen molar-refractivity contribution >= 4 is 12.0 Å². The van der Waals surface area contributed by atoms with Crippen LogP contribution < -0.4 is 5.32 Å². The summed E-state index contributed by atoms with van der Waals surface area (Å²) < 4.78 is 2.42. The molecule has 1 aliphatic heterocycles. The lowest BCUT2D eigenvalue weighted by molar-refractivity contribution is -0.128. The average Bonchev–Trinajstić information content (AvgIpc) is 3.49. The van der Waals surface area contributed by atoms with Crippen molar-refractivity contribution in [3.63, 3.8) is 0 Å². The quantitative estimate of drug-likeness (QED) is 0.668. The Labute approximate surface area is 191 Å². The van der Waals surface area contributed by atoms with Crippen molar-refractivity contribution in [2.75, 3.05) is 0 Å². The Kier molecular flexibility index (Phi) is 5.20. The van der Waals surface area contributed by atoms with E-state index in [1.54, 1.807) is 0 Å². The third-order valence-corrected chi connectivity index (χ3v) is 9.33. The monoisotopic (exact) mass is 429 g/mol. The summed E-state index contributed by atoms with van der Waals surface area (Å²) >= 11 is 0. The Morgan fingerprint density at radius 2 is 1.78 bits per heavy atom. The number of amides is 1. The zero-order valence-corrected chi connectivity index (χ0v) is 19.1. The van der Waals surface area contributed by atoms with E-state index in [-0.39, 0.29) is 12.0 Å². The van der Waals surface area contributed by atoms with Crippen LogP contribution in [0.15, 0.2) is 48.8 Å². The van der Waals surface area contributed by atoms with Crippen LogP contribution in [0.3, 0.4) is 0 Å². The average molecular weight is 430 g/mol. The molecule has 2 heterocycles. The van der Waals surface area contributed by atoms with Crippen molar-refractivity contribution in [1.29, 1.82) is 0 Å². The molecule has 1 N–H and O–H groups in total. The Hall–Kier alpha value is -2.36. The fourth-order valence-corrected chi connectivity index (χ4v) is 7.95. The third-order valence-electron chi connectivity index (χ3n) is 9.33. The second-order valence-electron chi connectivity index (χ2n) is 10.6. The van der Waals surface area contributed by atoms with Gasteiger partial charge in [-0.15, -0.1) is 0 Å². The van der Waals surface area contributed by atoms with E-state index in [2.05, 4.69) is 64.4 Å². The summed E-state index contributed by atoms with van der Waals surface area (Å²) in [5, 5.41) is 3.42. The van der Waals surface area contributed by atoms with Gasteiger partial charge in [-0.25, -0.2) is 4.98 Å². The minimum absolute atomic E-state index is 0.131. The molecule has 1 amide bonds. The molecule has 1 aromatic heterocycles. The van der Waals surface area contributed by atoms with Gasteiger partial charge in [0.25, 0.3) is 0 Å². The maximum absolute atomic E-state index is 13.4. The number of hydrogen-bond donors (Lipinski definition) is 1. The van der Waals surface area contributed by atoms with E-state index in [1.807, 2.05) is 12.3 Å². The van der Waals surface area contributed by atoms with E-state index in [0.29, 0.717) is 23.8 Å². The van der Waals surface area contributed by atoms with Crippen LogP contribution in [0.1, 0.15) is 75.3 Å². The standard InChI is InChI=1S/C28H35N3O/c1-2-25(18-6-4-3-5-7-18)30-28(32)24-11-10-19-20-12-14-26-23(21(20)8-9-22(19)24)13-15-27-29-16-17-31(26)27/h3-7,13,15-17,19-26H,2,8-12,14H2,1H3,(H,30,32)/t19-,20-,21-,22-,23+,24+,25-,26?/m0/s1. The summed E-state index contributed by atoms with van der Waals surface area (Å²) in [6.07, 6.45) is 17.2. The Balaban J connectivity index is 1.16. The molecule has 8 atom stereocenters. The highest BCUT2D eigenvalue weighted by molar-refractivity contribution is 5.79. The topological polar surface area (TPSA) is 46.9 Å². The number of imidazole rings is 1. The van der Waals surface area contributed by atoms with E-state index in [0.717, 1.165) is 36.4 Å². The van der Waals surface area contributed by atoms with Crippen LogP contribution in [0.2, 0.25) is 0 Å². The lowest BCUT2D eigenvalue weighted by Gasteiger charge is -2.51. The number of rotatable bonds is 4. The molecule has 0 saturated heterocycles. The summed E-state index contributed by atoms with van der Waals surface area (Å²) in [6.45, 7) is 2.17. The van der Waals surface area contributed by atoms with E-state index >= 15 is 0 Å². The molecule has 0 spiro atoms. The third kappa shape index (κ3) is 3.25. The van der Waals surface area contributed by atoms with Crippen LogP contribution in [0.5, 0.6) is 0 Å². The van der Waals surface area contributed by atoms with Crippen LogP contribution >= 0.6 is 0 Å². The maximum Gasteiger partial charge on any atom is 0.223 e. The first kappa shape index (κ1) is 20.3. The zero-order chi connectivity index (χ0) is 21.7. The molecule has 0 bridgehead atoms. The Bertz CT molecular complexity index is 995. The number of benzene rings is 1. The summed E-state index contributed by atoms with van der Waals surface area (Å²) in [7, 11) is 0. The predicted octanol–water partition coefficient (Wildman–Crippen LogP) is 5.80. The van der Waals surface area contributed by atoms with E-state index in [1.165, 1.54) is 37.7 Å². The van der Waals surface area contributed by atoms with Gasteiger partial charge in [0.1, 0.15) is 5.82 Å². The molecule has 3 aliphatic carbocycles. The van der Waals surface area contributed by atoms with Crippen LogP contribution in [-0.4, -0.2) is 15.5 Å². The molecular weight excluding hydrogens is 394 g/mol. The van der Waals surface area contributed by atoms with Crippen LogP contribution in [-0.2, 0) is 4.79 Å². The fourth-order valence-electron chi connectivity index (χ4n) is 7.95. The van der Waals surface area contributed by atoms with Gasteiger partial charge in [0.15, 0.2) is 0 Å². The number of nitrogens with one attached hydrogen (secondary N) is 1. The molecule has 3 fully saturated rings. The molecule has 1 unspecified atom stereocenters. The number of hydrogen-bond acceptors (Lipinski definition) is 2. The lowest BCUT2D eigenvalue weighted by Crippen LogP contribution is -2.45. The van der Waals surface area contributed by atoms with Crippen molar-refractivity contribution < 1.29 is 4.79 Å². The number of carbonyl (C=O) groups is 1. The minimum Gasteiger partial charge on any atom is -0.349 e. The second-order valence-corrected chi connectivity index (χ2v) is 10.6. The molecule has 4 nitrogen and oxygen atoms in total. The molecule has 32 heavy (non-hydrogen) atoms. The van der Waals surface area contributed by atoms with Gasteiger partial charge in [-0.3, -0.25) is 4.79 Å². The lowest BCUT2D eigenvalue weighted by atomic mass is 9.56. The number of allylic oxidation sites excluding steroid dienone is 1. The van der Waals surface area contributed by atoms with Crippen molar-refractivity contribution in [1.82, 2.24) is 14.9 Å². The van der Waals surface area contributed by atoms with Crippen molar-refractivity contribution in [3.8, 4) is 0 Å². The number of nitrogens with zero attached hydrogens (tertiary/aromatic N) is 2. The minimum atomic E-state index is 0.131. The highest BCUT2D eigenvalue weighted by Crippen LogP contribution is 2.58. The number of carbonyl (C=O) groups excluding carboxylic acids is 1. The predicted molar refractivity (Wildman–Crippen MR) is 127 cm³/mol. The summed E-state index contributed by atoms with van der Waals surface area (Å²) in [5.74, 6) is 5.17. The molecule has 3 saturated carbocycles. The zero-order valence-electron chi connectivity index (χ0n) is 19.1. The van der Waals surface area contributed by atoms with E-state index < -0.39 is 0 Å². The molecular formula is C28H35N3O. The van der Waals surface area contributed by atoms with Gasteiger partial charge < -0.3 is 9.88 Å². The van der Waals surface area contributed by atoms with Gasteiger partial charge in [0.05, 0.1) is 6.04 Å². The van der Waals surface area contributed by atoms with Gasteiger partial charge in [-0.2, -0.15) is 0 Å². The van der Waals surface area contributed by atoms with Crippen LogP contribution in [0, 0.1) is 35.5 Å². The Morgan fingerprint density at radius 3 is 2.62 bits per heavy atom. The Morgan fingerprint density at radius 1 is 1.03 bits per heavy atom. The van der Waals surface area contributed by atoms with Crippen molar-refractivity contribution in [2.45, 2.75) is 64.0 Å². The van der Waals surface area contributed by atoms with Gasteiger partial charge in [-0.05, 0) is 80.3 Å². The molecule has 168 valence electrons.